The molecule has 9 aromatic rings. The first-order chi connectivity index (χ1) is 20.3. The van der Waals surface area contributed by atoms with Crippen molar-refractivity contribution in [2.75, 3.05) is 0 Å². The van der Waals surface area contributed by atoms with Gasteiger partial charge in [0.05, 0.1) is 27.3 Å². The zero-order valence-corrected chi connectivity index (χ0v) is 22.6. The van der Waals surface area contributed by atoms with Crippen molar-refractivity contribution in [2.45, 2.75) is 0 Å². The Hall–Kier alpha value is -5.19. The van der Waals surface area contributed by atoms with Crippen molar-refractivity contribution in [3.8, 4) is 38.0 Å². The number of benzene rings is 6. The highest BCUT2D eigenvalue weighted by molar-refractivity contribution is 7.19. The topological polar surface area (TPSA) is 31.0 Å². The maximum Gasteiger partial charge on any atom is 0.136 e. The predicted molar refractivity (Wildman–Crippen MR) is 171 cm³/mol. The number of fused-ring (bicyclic) bond motifs is 10. The SMILES string of the molecule is c1ccc(-c2nc3c(s2)-c2ccc(-n4c5ccccc5c5c6c(ccc54)oc4ccccc46)c4cccc-3c24)cc1. The molecule has 0 radical (unpaired) electrons. The van der Waals surface area contributed by atoms with Gasteiger partial charge in [0, 0.05) is 49.0 Å². The lowest BCUT2D eigenvalue weighted by Gasteiger charge is -2.13. The minimum Gasteiger partial charge on any atom is -0.456 e. The molecule has 3 aromatic heterocycles. The molecule has 0 atom stereocenters. The minimum atomic E-state index is 0.922. The van der Waals surface area contributed by atoms with Gasteiger partial charge in [-0.1, -0.05) is 91.0 Å². The van der Waals surface area contributed by atoms with Crippen LogP contribution in [0.3, 0.4) is 0 Å². The Morgan fingerprint density at radius 3 is 2.27 bits per heavy atom. The zero-order valence-electron chi connectivity index (χ0n) is 21.8. The van der Waals surface area contributed by atoms with Crippen LogP contribution in [0.2, 0.25) is 0 Å². The van der Waals surface area contributed by atoms with Gasteiger partial charge in [0.15, 0.2) is 0 Å². The Morgan fingerprint density at radius 2 is 1.34 bits per heavy atom. The van der Waals surface area contributed by atoms with E-state index in [1.807, 2.05) is 6.07 Å². The summed E-state index contributed by atoms with van der Waals surface area (Å²) in [6.07, 6.45) is 0. The first kappa shape index (κ1) is 21.6. The molecule has 0 N–H and O–H groups in total. The Morgan fingerprint density at radius 1 is 0.537 bits per heavy atom. The number of thiazole rings is 1. The molecule has 0 bridgehead atoms. The normalized spacial score (nSPS) is 12.4. The van der Waals surface area contributed by atoms with Gasteiger partial charge < -0.3 is 8.98 Å². The fourth-order valence-electron chi connectivity index (χ4n) is 6.90. The van der Waals surface area contributed by atoms with Crippen LogP contribution in [-0.4, -0.2) is 9.55 Å². The van der Waals surface area contributed by atoms with Crippen molar-refractivity contribution in [1.82, 2.24) is 9.55 Å². The van der Waals surface area contributed by atoms with Crippen molar-refractivity contribution in [3.63, 3.8) is 0 Å². The van der Waals surface area contributed by atoms with Crippen molar-refractivity contribution >= 4 is 65.9 Å². The second-order valence-electron chi connectivity index (χ2n) is 10.7. The molecule has 4 heteroatoms. The lowest BCUT2D eigenvalue weighted by molar-refractivity contribution is 0.669. The summed E-state index contributed by atoms with van der Waals surface area (Å²) < 4.78 is 8.72. The lowest BCUT2D eigenvalue weighted by atomic mass is 10.0. The van der Waals surface area contributed by atoms with Crippen molar-refractivity contribution in [3.05, 3.63) is 121 Å². The Labute approximate surface area is 238 Å². The number of para-hydroxylation sites is 2. The molecular weight excluding hydrogens is 520 g/mol. The molecule has 3 nitrogen and oxygen atoms in total. The van der Waals surface area contributed by atoms with Crippen molar-refractivity contribution in [1.29, 1.82) is 0 Å². The van der Waals surface area contributed by atoms with E-state index in [9.17, 15) is 0 Å². The molecular formula is C37H20N2OS. The number of furan rings is 1. The fourth-order valence-corrected chi connectivity index (χ4v) is 8.01. The smallest absolute Gasteiger partial charge is 0.136 e. The molecule has 190 valence electrons. The van der Waals surface area contributed by atoms with Gasteiger partial charge in [0.1, 0.15) is 16.2 Å². The Balaban J connectivity index is 1.28. The third kappa shape index (κ3) is 2.75. The first-order valence-electron chi connectivity index (χ1n) is 13.8. The number of hydrogen-bond acceptors (Lipinski definition) is 3. The van der Waals surface area contributed by atoms with Crippen LogP contribution in [0.4, 0.5) is 0 Å². The summed E-state index contributed by atoms with van der Waals surface area (Å²) in [6, 6.07) is 43.2. The van der Waals surface area contributed by atoms with Crippen molar-refractivity contribution in [2.24, 2.45) is 0 Å². The number of hydrogen-bond donors (Lipinski definition) is 0. The van der Waals surface area contributed by atoms with Gasteiger partial charge in [-0.05, 0) is 30.3 Å². The van der Waals surface area contributed by atoms with E-state index in [4.69, 9.17) is 9.40 Å². The molecule has 0 aliphatic heterocycles. The standard InChI is InChI=1S/C37H20N2OS/c1-2-9-21(10-3-1)37-38-35-25-14-8-13-22-28(18-17-26(32(22)25)36(35)41-37)39-27-15-6-4-11-23(27)33-29(39)19-20-31-34(33)24-12-5-7-16-30(24)40-31/h1-20H. The van der Waals surface area contributed by atoms with Crippen LogP contribution < -0.4 is 0 Å². The third-order valence-corrected chi connectivity index (χ3v) is 9.72. The monoisotopic (exact) mass is 540 g/mol. The third-order valence-electron chi connectivity index (χ3n) is 8.58. The molecule has 0 spiro atoms. The first-order valence-corrected chi connectivity index (χ1v) is 14.6. The van der Waals surface area contributed by atoms with Crippen LogP contribution in [0.15, 0.2) is 126 Å². The van der Waals surface area contributed by atoms with E-state index in [2.05, 4.69) is 120 Å². The molecule has 41 heavy (non-hydrogen) atoms. The summed E-state index contributed by atoms with van der Waals surface area (Å²) in [5, 5.41) is 8.40. The maximum absolute atomic E-state index is 6.29. The van der Waals surface area contributed by atoms with Crippen LogP contribution >= 0.6 is 11.3 Å². The fraction of sp³-hybridized carbons (Fsp3) is 0. The average molecular weight is 541 g/mol. The lowest BCUT2D eigenvalue weighted by Crippen LogP contribution is -1.95. The Kier molecular flexibility index (Phi) is 4.07. The van der Waals surface area contributed by atoms with E-state index in [0.717, 1.165) is 27.3 Å². The van der Waals surface area contributed by atoms with Gasteiger partial charge in [0.2, 0.25) is 0 Å². The predicted octanol–water partition coefficient (Wildman–Crippen LogP) is 10.6. The van der Waals surface area contributed by atoms with E-state index < -0.39 is 0 Å². The van der Waals surface area contributed by atoms with E-state index in [1.165, 1.54) is 65.2 Å². The largest absolute Gasteiger partial charge is 0.456 e. The van der Waals surface area contributed by atoms with Gasteiger partial charge in [0.25, 0.3) is 0 Å². The molecule has 10 rings (SSSR count). The van der Waals surface area contributed by atoms with E-state index in [1.54, 1.807) is 11.3 Å². The summed E-state index contributed by atoms with van der Waals surface area (Å²) in [5.74, 6) is 0. The van der Waals surface area contributed by atoms with Crippen LogP contribution in [0.1, 0.15) is 0 Å². The summed E-state index contributed by atoms with van der Waals surface area (Å²) in [5.41, 5.74) is 10.2. The van der Waals surface area contributed by atoms with Gasteiger partial charge >= 0.3 is 0 Å². The maximum atomic E-state index is 6.29. The highest BCUT2D eigenvalue weighted by Crippen LogP contribution is 2.52. The molecule has 0 fully saturated rings. The highest BCUT2D eigenvalue weighted by Gasteiger charge is 2.28. The number of rotatable bonds is 2. The second-order valence-corrected chi connectivity index (χ2v) is 11.7. The average Bonchev–Trinajstić information content (AvgIpc) is 3.78. The number of aromatic nitrogens is 2. The summed E-state index contributed by atoms with van der Waals surface area (Å²) in [7, 11) is 0. The molecule has 0 saturated carbocycles. The second kappa shape index (κ2) is 7.72. The summed E-state index contributed by atoms with van der Waals surface area (Å²) >= 11 is 1.79. The van der Waals surface area contributed by atoms with Crippen LogP contribution in [0.25, 0.3) is 92.5 Å². The van der Waals surface area contributed by atoms with Crippen LogP contribution in [-0.2, 0) is 0 Å². The van der Waals surface area contributed by atoms with E-state index >= 15 is 0 Å². The zero-order chi connectivity index (χ0) is 26.7. The quantitative estimate of drug-likeness (QED) is 0.218. The van der Waals surface area contributed by atoms with Crippen molar-refractivity contribution < 1.29 is 4.42 Å². The van der Waals surface area contributed by atoms with Gasteiger partial charge in [-0.25, -0.2) is 4.98 Å². The van der Waals surface area contributed by atoms with E-state index in [-0.39, 0.29) is 0 Å². The van der Waals surface area contributed by atoms with Gasteiger partial charge in [-0.15, -0.1) is 11.3 Å². The molecule has 1 aliphatic rings. The highest BCUT2D eigenvalue weighted by atomic mass is 32.1. The number of nitrogens with zero attached hydrogens (tertiary/aromatic N) is 2. The molecule has 0 saturated heterocycles. The van der Waals surface area contributed by atoms with Gasteiger partial charge in [-0.3, -0.25) is 0 Å². The van der Waals surface area contributed by atoms with Crippen LogP contribution in [0, 0.1) is 0 Å². The molecule has 3 heterocycles. The minimum absolute atomic E-state index is 0.922. The molecule has 0 unspecified atom stereocenters. The molecule has 1 aliphatic carbocycles. The molecule has 6 aromatic carbocycles. The Bertz CT molecular complexity index is 2500. The summed E-state index contributed by atoms with van der Waals surface area (Å²) in [4.78, 5) is 6.41. The molecule has 0 amide bonds. The van der Waals surface area contributed by atoms with E-state index in [0.29, 0.717) is 0 Å². The summed E-state index contributed by atoms with van der Waals surface area (Å²) in [6.45, 7) is 0. The van der Waals surface area contributed by atoms with Crippen LogP contribution in [0.5, 0.6) is 0 Å². The van der Waals surface area contributed by atoms with Gasteiger partial charge in [-0.2, -0.15) is 0 Å².